The first-order valence-corrected chi connectivity index (χ1v) is 6.11. The number of hydrogen-bond donors (Lipinski definition) is 0. The number of nitrogens with zero attached hydrogens (tertiary/aromatic N) is 2. The quantitative estimate of drug-likeness (QED) is 0.791. The van der Waals surface area contributed by atoms with Crippen LogP contribution >= 0.6 is 0 Å². The molecule has 0 spiro atoms. The topological polar surface area (TPSA) is 25.8 Å². The summed E-state index contributed by atoms with van der Waals surface area (Å²) in [5.74, 6) is 0.478. The van der Waals surface area contributed by atoms with E-state index in [1.165, 1.54) is 16.8 Å². The van der Waals surface area contributed by atoms with Crippen molar-refractivity contribution in [3.05, 3.63) is 48.0 Å². The maximum atomic E-state index is 4.54. The van der Waals surface area contributed by atoms with Gasteiger partial charge in [-0.1, -0.05) is 26.0 Å². The van der Waals surface area contributed by atoms with Crippen molar-refractivity contribution < 1.29 is 0 Å². The lowest BCUT2D eigenvalue weighted by Gasteiger charge is -2.14. The molecule has 0 amide bonds. The standard InChI is InChI=1S/C15H18N2/c1-4-11(2)15-14(8-6-10-17-15)13-7-5-9-16-12(13)3/h5-11H,4H2,1-3H3. The first-order chi connectivity index (χ1) is 8.24. The Morgan fingerprint density at radius 2 is 1.71 bits per heavy atom. The Morgan fingerprint density at radius 1 is 1.06 bits per heavy atom. The van der Waals surface area contributed by atoms with E-state index in [4.69, 9.17) is 0 Å². The van der Waals surface area contributed by atoms with Gasteiger partial charge in [-0.3, -0.25) is 9.97 Å². The molecular formula is C15H18N2. The van der Waals surface area contributed by atoms with Gasteiger partial charge in [0, 0.05) is 29.2 Å². The Morgan fingerprint density at radius 3 is 2.35 bits per heavy atom. The molecule has 2 rings (SSSR count). The number of aryl methyl sites for hydroxylation is 1. The Kier molecular flexibility index (Phi) is 3.52. The number of hydrogen-bond acceptors (Lipinski definition) is 2. The minimum absolute atomic E-state index is 0.478. The lowest BCUT2D eigenvalue weighted by atomic mass is 9.94. The van der Waals surface area contributed by atoms with Gasteiger partial charge in [-0.2, -0.15) is 0 Å². The minimum atomic E-state index is 0.478. The van der Waals surface area contributed by atoms with Gasteiger partial charge < -0.3 is 0 Å². The van der Waals surface area contributed by atoms with Crippen LogP contribution in [-0.4, -0.2) is 9.97 Å². The van der Waals surface area contributed by atoms with Gasteiger partial charge in [-0.25, -0.2) is 0 Å². The van der Waals surface area contributed by atoms with Crippen molar-refractivity contribution in [1.82, 2.24) is 9.97 Å². The summed E-state index contributed by atoms with van der Waals surface area (Å²) in [6, 6.07) is 8.23. The van der Waals surface area contributed by atoms with Crippen molar-refractivity contribution in [2.45, 2.75) is 33.1 Å². The van der Waals surface area contributed by atoms with Gasteiger partial charge in [0.15, 0.2) is 0 Å². The van der Waals surface area contributed by atoms with Crippen LogP contribution in [0.15, 0.2) is 36.7 Å². The molecule has 2 heterocycles. The molecule has 1 atom stereocenters. The summed E-state index contributed by atoms with van der Waals surface area (Å²) in [5, 5.41) is 0. The fourth-order valence-electron chi connectivity index (χ4n) is 2.00. The zero-order valence-corrected chi connectivity index (χ0v) is 10.6. The predicted octanol–water partition coefficient (Wildman–Crippen LogP) is 3.97. The second-order valence-corrected chi connectivity index (χ2v) is 4.38. The highest BCUT2D eigenvalue weighted by molar-refractivity contribution is 5.68. The summed E-state index contributed by atoms with van der Waals surface area (Å²) in [6.45, 7) is 6.46. The average molecular weight is 226 g/mol. The highest BCUT2D eigenvalue weighted by Crippen LogP contribution is 2.30. The van der Waals surface area contributed by atoms with Crippen LogP contribution in [0.1, 0.15) is 37.6 Å². The monoisotopic (exact) mass is 226 g/mol. The largest absolute Gasteiger partial charge is 0.261 e. The summed E-state index contributed by atoms with van der Waals surface area (Å²) >= 11 is 0. The second kappa shape index (κ2) is 5.09. The SMILES string of the molecule is CCC(C)c1ncccc1-c1cccnc1C. The van der Waals surface area contributed by atoms with Gasteiger partial charge >= 0.3 is 0 Å². The molecule has 88 valence electrons. The molecule has 0 radical (unpaired) electrons. The van der Waals surface area contributed by atoms with Crippen LogP contribution in [0.4, 0.5) is 0 Å². The van der Waals surface area contributed by atoms with Gasteiger partial charge in [0.1, 0.15) is 0 Å². The van der Waals surface area contributed by atoms with Gasteiger partial charge in [-0.05, 0) is 31.4 Å². The lowest BCUT2D eigenvalue weighted by molar-refractivity contribution is 0.710. The number of pyridine rings is 2. The van der Waals surface area contributed by atoms with E-state index in [0.29, 0.717) is 5.92 Å². The highest BCUT2D eigenvalue weighted by Gasteiger charge is 2.13. The fourth-order valence-corrected chi connectivity index (χ4v) is 2.00. The van der Waals surface area contributed by atoms with Crippen molar-refractivity contribution in [3.63, 3.8) is 0 Å². The van der Waals surface area contributed by atoms with E-state index in [2.05, 4.69) is 35.9 Å². The third-order valence-electron chi connectivity index (χ3n) is 3.21. The zero-order chi connectivity index (χ0) is 12.3. The molecule has 0 aromatic carbocycles. The molecule has 0 saturated heterocycles. The molecule has 0 bridgehead atoms. The Balaban J connectivity index is 2.56. The van der Waals surface area contributed by atoms with Crippen molar-refractivity contribution in [2.24, 2.45) is 0 Å². The molecule has 0 fully saturated rings. The van der Waals surface area contributed by atoms with Crippen LogP contribution in [0, 0.1) is 6.92 Å². The van der Waals surface area contributed by atoms with Crippen molar-refractivity contribution >= 4 is 0 Å². The van der Waals surface area contributed by atoms with Crippen LogP contribution in [0.25, 0.3) is 11.1 Å². The Labute approximate surface area is 103 Å². The molecule has 0 saturated carbocycles. The minimum Gasteiger partial charge on any atom is -0.261 e. The van der Waals surface area contributed by atoms with Crippen LogP contribution in [-0.2, 0) is 0 Å². The molecule has 2 aromatic rings. The molecular weight excluding hydrogens is 208 g/mol. The molecule has 2 aromatic heterocycles. The first kappa shape index (κ1) is 11.8. The summed E-state index contributed by atoms with van der Waals surface area (Å²) in [4.78, 5) is 8.89. The molecule has 17 heavy (non-hydrogen) atoms. The van der Waals surface area contributed by atoms with Crippen LogP contribution in [0.3, 0.4) is 0 Å². The maximum absolute atomic E-state index is 4.54. The van der Waals surface area contributed by atoms with E-state index in [0.717, 1.165) is 12.1 Å². The second-order valence-electron chi connectivity index (χ2n) is 4.38. The number of aromatic nitrogens is 2. The third kappa shape index (κ3) is 2.36. The lowest BCUT2D eigenvalue weighted by Crippen LogP contribution is -2.00. The Hall–Kier alpha value is -1.70. The maximum Gasteiger partial charge on any atom is 0.0510 e. The van der Waals surface area contributed by atoms with Gasteiger partial charge in [-0.15, -0.1) is 0 Å². The summed E-state index contributed by atoms with van der Waals surface area (Å²) < 4.78 is 0. The van der Waals surface area contributed by atoms with Crippen molar-refractivity contribution in [1.29, 1.82) is 0 Å². The third-order valence-corrected chi connectivity index (χ3v) is 3.21. The van der Waals surface area contributed by atoms with Crippen LogP contribution < -0.4 is 0 Å². The summed E-state index contributed by atoms with van der Waals surface area (Å²) in [6.07, 6.45) is 4.80. The number of rotatable bonds is 3. The predicted molar refractivity (Wildman–Crippen MR) is 70.9 cm³/mol. The van der Waals surface area contributed by atoms with Crippen LogP contribution in [0.5, 0.6) is 0 Å². The molecule has 2 heteroatoms. The van der Waals surface area contributed by atoms with E-state index < -0.39 is 0 Å². The van der Waals surface area contributed by atoms with E-state index in [1.807, 2.05) is 31.5 Å². The molecule has 2 nitrogen and oxygen atoms in total. The molecule has 0 N–H and O–H groups in total. The summed E-state index contributed by atoms with van der Waals surface area (Å²) in [7, 11) is 0. The fraction of sp³-hybridized carbons (Fsp3) is 0.333. The normalized spacial score (nSPS) is 12.4. The molecule has 0 aliphatic carbocycles. The van der Waals surface area contributed by atoms with Gasteiger partial charge in [0.05, 0.1) is 5.69 Å². The van der Waals surface area contributed by atoms with Crippen molar-refractivity contribution in [3.8, 4) is 11.1 Å². The summed E-state index contributed by atoms with van der Waals surface area (Å²) in [5.41, 5.74) is 4.64. The van der Waals surface area contributed by atoms with Gasteiger partial charge in [0.2, 0.25) is 0 Å². The van der Waals surface area contributed by atoms with Crippen molar-refractivity contribution in [2.75, 3.05) is 0 Å². The smallest absolute Gasteiger partial charge is 0.0510 e. The van der Waals surface area contributed by atoms with E-state index in [1.54, 1.807) is 0 Å². The van der Waals surface area contributed by atoms with Gasteiger partial charge in [0.25, 0.3) is 0 Å². The zero-order valence-electron chi connectivity index (χ0n) is 10.6. The van der Waals surface area contributed by atoms with E-state index >= 15 is 0 Å². The van der Waals surface area contributed by atoms with E-state index in [9.17, 15) is 0 Å². The van der Waals surface area contributed by atoms with E-state index in [-0.39, 0.29) is 0 Å². The highest BCUT2D eigenvalue weighted by atomic mass is 14.7. The Bertz CT molecular complexity index is 506. The first-order valence-electron chi connectivity index (χ1n) is 6.11. The average Bonchev–Trinajstić information content (AvgIpc) is 2.38. The molecule has 0 aliphatic heterocycles. The molecule has 1 unspecified atom stereocenters. The van der Waals surface area contributed by atoms with Crippen LogP contribution in [0.2, 0.25) is 0 Å². The molecule has 0 aliphatic rings.